The molecule has 0 aromatic heterocycles. The normalized spacial score (nSPS) is 10.9. The Morgan fingerprint density at radius 3 is 1.08 bits per heavy atom. The molecule has 0 spiro atoms. The van der Waals surface area contributed by atoms with Crippen LogP contribution in [0.3, 0.4) is 0 Å². The van der Waals surface area contributed by atoms with Crippen molar-refractivity contribution in [3.63, 3.8) is 0 Å². The van der Waals surface area contributed by atoms with E-state index in [0.717, 1.165) is 25.7 Å². The zero-order valence-electron chi connectivity index (χ0n) is 24.2. The van der Waals surface area contributed by atoms with E-state index in [0.29, 0.717) is 19.3 Å². The number of carboxylic acids is 3. The van der Waals surface area contributed by atoms with Gasteiger partial charge >= 0.3 is 29.9 Å². The number of carboxylic acid groups (broad SMARTS) is 3. The summed E-state index contributed by atoms with van der Waals surface area (Å²) >= 11 is 7.81. The first kappa shape index (κ1) is 47.2. The fraction of sp³-hybridized carbons (Fsp3) is 0.852. The fourth-order valence-corrected chi connectivity index (χ4v) is 2.98. The summed E-state index contributed by atoms with van der Waals surface area (Å²) < 4.78 is 4.26. The van der Waals surface area contributed by atoms with Gasteiger partial charge in [-0.3, -0.25) is 4.79 Å². The maximum absolute atomic E-state index is 10.3. The van der Waals surface area contributed by atoms with Gasteiger partial charge < -0.3 is 34.4 Å². The number of carbonyl (C=O) groups is 4. The predicted octanol–water partition coefficient (Wildman–Crippen LogP) is 2.64. The molecule has 2 atom stereocenters. The van der Waals surface area contributed by atoms with Crippen molar-refractivity contribution in [3.8, 4) is 0 Å². The molecular weight excluding hydrogens is 635 g/mol. The van der Waals surface area contributed by atoms with Crippen molar-refractivity contribution >= 4 is 73.0 Å². The molecule has 0 saturated carbocycles. The topological polar surface area (TPSA) is 147 Å². The number of aliphatic carboxylic acids is 3. The van der Waals surface area contributed by atoms with Crippen LogP contribution in [0.25, 0.3) is 0 Å². The van der Waals surface area contributed by atoms with Crippen molar-refractivity contribution in [2.75, 3.05) is 7.11 Å². The van der Waals surface area contributed by atoms with Gasteiger partial charge in [-0.25, -0.2) is 0 Å². The summed E-state index contributed by atoms with van der Waals surface area (Å²) in [7, 11) is 1.38. The third kappa shape index (κ3) is 48.4. The number of rotatable bonds is 18. The molecule has 0 aromatic rings. The standard InChI is InChI=1S/2C10H20O2S.C4H8O2.C3H6O2.Sn.H/c2*1-2-3-4-5-6-7-8-9(13)10(11)12;1-3-4(5)6-2;1-2-3(4)5;;/h2*9,13H,2-8H2,1H3,(H,11,12);3H2,1-2H3;2H2,1H3,(H,4,5);;/q;;;;+3;/p-3. The van der Waals surface area contributed by atoms with Crippen LogP contribution in [0.4, 0.5) is 0 Å². The molecule has 0 aliphatic rings. The molecule has 0 rings (SSSR count). The molecule has 0 aliphatic carbocycles. The number of unbranched alkanes of at least 4 members (excludes halogenated alkanes) is 10. The number of ether oxygens (including phenoxy) is 1. The van der Waals surface area contributed by atoms with Crippen molar-refractivity contribution < 1.29 is 39.2 Å². The molecule has 0 aromatic carbocycles. The van der Waals surface area contributed by atoms with Crippen LogP contribution in [0.5, 0.6) is 0 Å². The number of hydrogen-bond acceptors (Lipinski definition) is 10. The van der Waals surface area contributed by atoms with E-state index >= 15 is 0 Å². The number of carbonyl (C=O) groups excluding carboxylic acids is 4. The van der Waals surface area contributed by atoms with Gasteiger partial charge in [-0.15, -0.1) is 0 Å². The van der Waals surface area contributed by atoms with Crippen LogP contribution in [0.1, 0.15) is 130 Å². The van der Waals surface area contributed by atoms with E-state index in [9.17, 15) is 34.5 Å². The van der Waals surface area contributed by atoms with Crippen LogP contribution in [-0.4, -0.2) is 65.4 Å². The molecular formula is C27H52O8S2Sn. The Kier molecular flexibility index (Phi) is 47.8. The van der Waals surface area contributed by atoms with Gasteiger partial charge in [0.1, 0.15) is 0 Å². The van der Waals surface area contributed by atoms with Crippen LogP contribution in [0.2, 0.25) is 0 Å². The van der Waals surface area contributed by atoms with E-state index in [-0.39, 0.29) is 36.3 Å². The molecule has 224 valence electrons. The van der Waals surface area contributed by atoms with Gasteiger partial charge in [-0.05, 0) is 19.3 Å². The molecule has 8 nitrogen and oxygen atoms in total. The number of esters is 1. The summed E-state index contributed by atoms with van der Waals surface area (Å²) in [5.41, 5.74) is 0. The molecule has 0 aliphatic heterocycles. The Labute approximate surface area is 259 Å². The minimum atomic E-state index is -1.04. The van der Waals surface area contributed by atoms with E-state index in [4.69, 9.17) is 0 Å². The molecule has 11 heteroatoms. The van der Waals surface area contributed by atoms with Gasteiger partial charge in [0.05, 0.1) is 19.0 Å². The van der Waals surface area contributed by atoms with Crippen LogP contribution in [-0.2, 0) is 23.9 Å². The zero-order chi connectivity index (χ0) is 29.5. The first-order valence-corrected chi connectivity index (χ1v) is 14.5. The molecule has 0 fully saturated rings. The maximum atomic E-state index is 10.3. The second-order valence-electron chi connectivity index (χ2n) is 8.44. The van der Waals surface area contributed by atoms with Gasteiger partial charge in [0.25, 0.3) is 0 Å². The Morgan fingerprint density at radius 1 is 0.605 bits per heavy atom. The fourth-order valence-electron chi connectivity index (χ4n) is 2.62. The monoisotopic (exact) mass is 688 g/mol. The van der Waals surface area contributed by atoms with Gasteiger partial charge in [-0.2, -0.15) is 25.3 Å². The van der Waals surface area contributed by atoms with E-state index in [1.807, 2.05) is 0 Å². The Bertz CT molecular complexity index is 513. The molecule has 0 amide bonds. The number of methoxy groups -OCH3 is 1. The van der Waals surface area contributed by atoms with Gasteiger partial charge in [0.15, 0.2) is 0 Å². The van der Waals surface area contributed by atoms with Crippen molar-refractivity contribution in [1.29, 1.82) is 0 Å². The predicted molar refractivity (Wildman–Crippen MR) is 156 cm³/mol. The molecule has 0 heterocycles. The molecule has 38 heavy (non-hydrogen) atoms. The Hall–Kier alpha value is -0.621. The average Bonchev–Trinajstić information content (AvgIpc) is 2.88. The molecule has 0 N–H and O–H groups in total. The van der Waals surface area contributed by atoms with E-state index in [1.54, 1.807) is 6.92 Å². The second-order valence-corrected chi connectivity index (χ2v) is 9.68. The van der Waals surface area contributed by atoms with Gasteiger partial charge in [0, 0.05) is 22.9 Å². The second kappa shape index (κ2) is 38.5. The van der Waals surface area contributed by atoms with E-state index in [2.05, 4.69) is 43.8 Å². The molecule has 0 radical (unpaired) electrons. The van der Waals surface area contributed by atoms with Crippen molar-refractivity contribution in [2.24, 2.45) is 0 Å². The third-order valence-corrected chi connectivity index (χ3v) is 5.95. The van der Waals surface area contributed by atoms with Crippen molar-refractivity contribution in [3.05, 3.63) is 0 Å². The third-order valence-electron chi connectivity index (χ3n) is 5.01. The van der Waals surface area contributed by atoms with Gasteiger partial charge in [0.2, 0.25) is 0 Å². The van der Waals surface area contributed by atoms with Gasteiger partial charge in [-0.1, -0.05) is 105 Å². The van der Waals surface area contributed by atoms with Crippen LogP contribution in [0, 0.1) is 0 Å². The SMILES string of the molecule is CCC(=O)OC.CCC(=O)[O-].CCCCCCCCC(S)C(=O)[O-].CCCCCCCCC(S)C(=O)[O-].[SnH+3]. The van der Waals surface area contributed by atoms with Crippen LogP contribution in [0.15, 0.2) is 0 Å². The first-order valence-electron chi connectivity index (χ1n) is 13.5. The zero-order valence-corrected chi connectivity index (χ0v) is 29.3. The van der Waals surface area contributed by atoms with E-state index < -0.39 is 28.4 Å². The molecule has 2 unspecified atom stereocenters. The van der Waals surface area contributed by atoms with Crippen molar-refractivity contribution in [1.82, 2.24) is 0 Å². The molecule has 0 bridgehead atoms. The summed E-state index contributed by atoms with van der Waals surface area (Å²) in [5.74, 6) is -3.24. The Balaban J connectivity index is -0.000000136. The number of thiol groups is 2. The van der Waals surface area contributed by atoms with Crippen molar-refractivity contribution in [2.45, 2.75) is 141 Å². The summed E-state index contributed by atoms with van der Waals surface area (Å²) in [6.07, 6.45) is 16.0. The molecule has 0 saturated heterocycles. The van der Waals surface area contributed by atoms with E-state index in [1.165, 1.54) is 65.4 Å². The number of hydrogen-bond donors (Lipinski definition) is 2. The summed E-state index contributed by atoms with van der Waals surface area (Å²) in [6, 6.07) is 0. The first-order chi connectivity index (χ1) is 17.4. The quantitative estimate of drug-likeness (QED) is 0.0969. The average molecular weight is 688 g/mol. The van der Waals surface area contributed by atoms with Crippen LogP contribution < -0.4 is 15.3 Å². The summed E-state index contributed by atoms with van der Waals surface area (Å²) in [6.45, 7) is 7.65. The van der Waals surface area contributed by atoms with Crippen LogP contribution >= 0.6 is 25.3 Å². The minimum absolute atomic E-state index is 0. The summed E-state index contributed by atoms with van der Waals surface area (Å²) in [4.78, 5) is 39.8. The summed E-state index contributed by atoms with van der Waals surface area (Å²) in [5, 5.41) is 28.7. The Morgan fingerprint density at radius 2 is 0.895 bits per heavy atom.